The molecule has 12 heteroatoms. The molecule has 38 heavy (non-hydrogen) atoms. The second-order valence-corrected chi connectivity index (χ2v) is 19.3. The molecule has 1 aliphatic heterocycles. The van der Waals surface area contributed by atoms with E-state index in [2.05, 4.69) is 30.4 Å². The summed E-state index contributed by atoms with van der Waals surface area (Å²) in [6, 6.07) is 0. The van der Waals surface area contributed by atoms with Crippen molar-refractivity contribution in [3.63, 3.8) is 0 Å². The van der Waals surface area contributed by atoms with Gasteiger partial charge in [0.1, 0.15) is 0 Å². The Kier molecular flexibility index (Phi) is 13.9. The molecule has 1 aromatic heterocycles. The summed E-state index contributed by atoms with van der Waals surface area (Å²) >= 11 is -3.00. The van der Waals surface area contributed by atoms with Gasteiger partial charge in [-0.15, -0.1) is 0 Å². The summed E-state index contributed by atoms with van der Waals surface area (Å²) in [6.45, 7) is 8.78. The Morgan fingerprint density at radius 3 is 2.37 bits per heavy atom. The van der Waals surface area contributed by atoms with Gasteiger partial charge < -0.3 is 0 Å². The average Bonchev–Trinajstić information content (AvgIpc) is 3.60. The van der Waals surface area contributed by atoms with Crippen molar-refractivity contribution in [3.05, 3.63) is 28.1 Å². The van der Waals surface area contributed by atoms with Crippen molar-refractivity contribution in [1.82, 2.24) is 9.55 Å². The molecule has 2 atom stereocenters. The fourth-order valence-electron chi connectivity index (χ4n) is 4.29. The number of hydrogen-bond acceptors (Lipinski definition) is 10. The Morgan fingerprint density at radius 1 is 1.03 bits per heavy atom. The number of ether oxygens (including phenoxy) is 1. The molecule has 0 spiro atoms. The molecular formula is C26H39InN2O9. The van der Waals surface area contributed by atoms with Crippen LogP contribution in [0.15, 0.2) is 28.1 Å². The molecule has 2 rings (SSSR count). The van der Waals surface area contributed by atoms with E-state index >= 15 is 0 Å². The molecule has 1 aromatic rings. The van der Waals surface area contributed by atoms with E-state index in [1.807, 2.05) is 24.6 Å². The molecule has 2 heterocycles. The van der Waals surface area contributed by atoms with E-state index in [-0.39, 0.29) is 10.3 Å². The summed E-state index contributed by atoms with van der Waals surface area (Å²) in [4.78, 5) is 69.4. The molecule has 0 amide bonds. The van der Waals surface area contributed by atoms with Crippen LogP contribution in [0.25, 0.3) is 0 Å². The third-order valence-corrected chi connectivity index (χ3v) is 18.8. The predicted molar refractivity (Wildman–Crippen MR) is 137 cm³/mol. The van der Waals surface area contributed by atoms with Crippen molar-refractivity contribution >= 4 is 45.3 Å². The zero-order chi connectivity index (χ0) is 28.0. The first-order valence-corrected chi connectivity index (χ1v) is 18.8. The van der Waals surface area contributed by atoms with E-state index < -0.39 is 48.5 Å². The van der Waals surface area contributed by atoms with Crippen LogP contribution in [-0.4, -0.2) is 65.3 Å². The third kappa shape index (κ3) is 9.76. The number of aromatic nitrogens is 2. The molecule has 0 fully saturated rings. The molecule has 210 valence electrons. The normalized spacial score (nSPS) is 16.4. The topological polar surface area (TPSA) is 132 Å². The quantitative estimate of drug-likeness (QED) is 0.127. The third-order valence-electron chi connectivity index (χ3n) is 6.90. The minimum absolute atomic E-state index is 0.0348. The van der Waals surface area contributed by atoms with Gasteiger partial charge in [0.2, 0.25) is 0 Å². The van der Waals surface area contributed by atoms with Crippen LogP contribution in [0.1, 0.15) is 85.5 Å². The number of carbonyl (C=O) groups is 4. The summed E-state index contributed by atoms with van der Waals surface area (Å²) < 4.78 is 9.73. The van der Waals surface area contributed by atoms with Crippen LogP contribution in [0.4, 0.5) is 0 Å². The van der Waals surface area contributed by atoms with Crippen molar-refractivity contribution in [2.45, 2.75) is 99.1 Å². The van der Waals surface area contributed by atoms with Crippen molar-refractivity contribution in [3.8, 4) is 0 Å². The number of hydrogen-bond donors (Lipinski definition) is 0. The van der Waals surface area contributed by atoms with Gasteiger partial charge in [0.05, 0.1) is 0 Å². The molecule has 0 aliphatic carbocycles. The van der Waals surface area contributed by atoms with E-state index in [0.717, 1.165) is 32.2 Å². The summed E-state index contributed by atoms with van der Waals surface area (Å²) in [5.41, 5.74) is 1.25. The zero-order valence-corrected chi connectivity index (χ0v) is 26.1. The van der Waals surface area contributed by atoms with Gasteiger partial charge >= 0.3 is 232 Å². The first-order valence-electron chi connectivity index (χ1n) is 13.4. The number of nitrogens with zero attached hydrogens (tertiary/aromatic N) is 2. The molecule has 0 bridgehead atoms. The van der Waals surface area contributed by atoms with Gasteiger partial charge in [-0.2, -0.15) is 0 Å². The maximum absolute atomic E-state index is 13.2. The summed E-state index contributed by atoms with van der Waals surface area (Å²) in [5, 5.41) is 0. The maximum atomic E-state index is 13.2. The van der Waals surface area contributed by atoms with Crippen LogP contribution < -0.4 is 0 Å². The SMILES string of the molecule is CCCCCCCO[CH]1CC(CCn2ccnc2)=[CH][In]1[C](C)(CC)C(=O)OOC(=O)C(=O)OOC(=O)CC. The monoisotopic (exact) mass is 638 g/mol. The second kappa shape index (κ2) is 16.6. The van der Waals surface area contributed by atoms with E-state index in [9.17, 15) is 19.2 Å². The molecule has 0 saturated heterocycles. The van der Waals surface area contributed by atoms with Gasteiger partial charge in [-0.05, 0) is 0 Å². The number of rotatable bonds is 14. The molecule has 11 nitrogen and oxygen atoms in total. The molecule has 0 aromatic carbocycles. The van der Waals surface area contributed by atoms with Gasteiger partial charge in [0.15, 0.2) is 0 Å². The first kappa shape index (κ1) is 31.9. The Hall–Kier alpha value is -2.34. The second-order valence-electron chi connectivity index (χ2n) is 9.62. The number of unbranched alkanes of at least 4 members (excludes halogenated alkanes) is 4. The van der Waals surface area contributed by atoms with E-state index in [4.69, 9.17) is 9.62 Å². The molecule has 2 unspecified atom stereocenters. The van der Waals surface area contributed by atoms with Crippen molar-refractivity contribution in [2.24, 2.45) is 0 Å². The Balaban J connectivity index is 2.04. The zero-order valence-electron chi connectivity index (χ0n) is 22.8. The van der Waals surface area contributed by atoms with Gasteiger partial charge in [0.25, 0.3) is 0 Å². The number of aryl methyl sites for hydroxylation is 1. The Bertz CT molecular complexity index is 951. The van der Waals surface area contributed by atoms with Crippen molar-refractivity contribution < 1.29 is 43.5 Å². The van der Waals surface area contributed by atoms with Crippen LogP contribution >= 0.6 is 0 Å². The summed E-state index contributed by atoms with van der Waals surface area (Å²) in [6.07, 6.45) is 13.1. The first-order chi connectivity index (χ1) is 18.2. The average molecular weight is 638 g/mol. The van der Waals surface area contributed by atoms with Gasteiger partial charge in [-0.1, -0.05) is 0 Å². The molecular weight excluding hydrogens is 599 g/mol. The van der Waals surface area contributed by atoms with Crippen LogP contribution in [0.5, 0.6) is 0 Å². The molecule has 0 N–H and O–H groups in total. The van der Waals surface area contributed by atoms with E-state index in [1.54, 1.807) is 12.5 Å². The van der Waals surface area contributed by atoms with Crippen molar-refractivity contribution in [1.29, 1.82) is 0 Å². The standard InChI is InChI=1S/C16H26N2O.C10H13O8.In/c1-3-4-5-6-7-13-19-14-9-16(2)8-11-18-12-10-17-15-18;1-4-6(3)8(12)16-18-10(14)9(13)17-15-7(11)5-2;/h2,10,12,14-15H,3-9,11,13H2,1H3;4-5H2,1-3H3;. The van der Waals surface area contributed by atoms with Crippen LogP contribution in [0.3, 0.4) is 0 Å². The molecule has 0 radical (unpaired) electrons. The molecule has 0 saturated carbocycles. The van der Waals surface area contributed by atoms with Crippen LogP contribution in [0.2, 0.25) is 3.17 Å². The predicted octanol–water partition coefficient (Wildman–Crippen LogP) is 4.12. The number of carbonyl (C=O) groups excluding carboxylic acids is 4. The molecule has 1 aliphatic rings. The van der Waals surface area contributed by atoms with Crippen LogP contribution in [-0.2, 0) is 50.0 Å². The minimum atomic E-state index is -3.00. The van der Waals surface area contributed by atoms with Crippen molar-refractivity contribution in [2.75, 3.05) is 6.61 Å². The Labute approximate surface area is 231 Å². The summed E-state index contributed by atoms with van der Waals surface area (Å²) in [7, 11) is 0. The van der Waals surface area contributed by atoms with E-state index in [0.29, 0.717) is 13.0 Å². The summed E-state index contributed by atoms with van der Waals surface area (Å²) in [5.74, 6) is -4.77. The van der Waals surface area contributed by atoms with E-state index in [1.165, 1.54) is 31.8 Å². The Morgan fingerprint density at radius 2 is 1.74 bits per heavy atom. The van der Waals surface area contributed by atoms with Gasteiger partial charge in [-0.3, -0.25) is 0 Å². The van der Waals surface area contributed by atoms with Gasteiger partial charge in [0, 0.05) is 0 Å². The van der Waals surface area contributed by atoms with Crippen LogP contribution in [0, 0.1) is 0 Å². The fraction of sp³-hybridized carbons (Fsp3) is 0.654. The fourth-order valence-corrected chi connectivity index (χ4v) is 15.4. The van der Waals surface area contributed by atoms with Gasteiger partial charge in [-0.25, -0.2) is 0 Å². The number of imidazole rings is 1.